The zero-order valence-electron chi connectivity index (χ0n) is 27.0. The van der Waals surface area contributed by atoms with Crippen LogP contribution in [0.4, 0.5) is 0 Å². The van der Waals surface area contributed by atoms with Gasteiger partial charge in [-0.15, -0.1) is 84.4 Å². The van der Waals surface area contributed by atoms with Crippen molar-refractivity contribution in [3.05, 3.63) is 195 Å². The molecule has 250 valence electrons. The van der Waals surface area contributed by atoms with Gasteiger partial charge in [0.25, 0.3) is 0 Å². The van der Waals surface area contributed by atoms with E-state index in [0.29, 0.717) is 0 Å². The number of rotatable bonds is 4. The van der Waals surface area contributed by atoms with Gasteiger partial charge in [-0.05, 0) is 47.2 Å². The van der Waals surface area contributed by atoms with E-state index in [4.69, 9.17) is 4.42 Å². The fourth-order valence-corrected chi connectivity index (χ4v) is 5.13. The van der Waals surface area contributed by atoms with E-state index < -0.39 is 0 Å². The Kier molecular flexibility index (Phi) is 13.5. The first kappa shape index (κ1) is 36.9. The fraction of sp³-hybridized carbons (Fsp3) is 0. The maximum absolute atomic E-state index is 5.59. The zero-order valence-corrected chi connectivity index (χ0v) is 31.5. The van der Waals surface area contributed by atoms with Crippen molar-refractivity contribution in [2.24, 2.45) is 0 Å². The van der Waals surface area contributed by atoms with Gasteiger partial charge in [0.1, 0.15) is 0 Å². The van der Waals surface area contributed by atoms with Gasteiger partial charge in [0, 0.05) is 30.0 Å². The second kappa shape index (κ2) is 18.6. The molecule has 9 aromatic rings. The molecule has 0 N–H and O–H groups in total. The van der Waals surface area contributed by atoms with Crippen LogP contribution in [0.3, 0.4) is 0 Å². The van der Waals surface area contributed by atoms with Crippen LogP contribution in [-0.2, 0) is 42.1 Å². The van der Waals surface area contributed by atoms with E-state index in [9.17, 15) is 0 Å². The molecule has 0 saturated heterocycles. The molecule has 5 aromatic heterocycles. The van der Waals surface area contributed by atoms with Crippen LogP contribution in [0.2, 0.25) is 0 Å². The van der Waals surface area contributed by atoms with E-state index in [1.54, 1.807) is 18.6 Å². The van der Waals surface area contributed by atoms with Gasteiger partial charge in [0.2, 0.25) is 0 Å². The molecular formula is C44H28N4OPt2. The summed E-state index contributed by atoms with van der Waals surface area (Å²) in [6.07, 6.45) is 5.35. The first-order valence-corrected chi connectivity index (χ1v) is 15.7. The number of hydrogen-bond acceptors (Lipinski definition) is 5. The Balaban J connectivity index is 0.000000147. The molecule has 0 aliphatic heterocycles. The van der Waals surface area contributed by atoms with Crippen molar-refractivity contribution in [1.82, 2.24) is 19.9 Å². The molecule has 0 amide bonds. The van der Waals surface area contributed by atoms with Crippen molar-refractivity contribution in [2.45, 2.75) is 0 Å². The topological polar surface area (TPSA) is 64.7 Å². The van der Waals surface area contributed by atoms with Gasteiger partial charge in [0.15, 0.2) is 0 Å². The van der Waals surface area contributed by atoms with Crippen LogP contribution in [0.15, 0.2) is 175 Å². The van der Waals surface area contributed by atoms with Crippen molar-refractivity contribution in [2.75, 3.05) is 0 Å². The smallest absolute Gasteiger partial charge is 0.564 e. The molecule has 0 aliphatic rings. The van der Waals surface area contributed by atoms with Crippen LogP contribution in [0, 0.1) is 24.3 Å². The van der Waals surface area contributed by atoms with Gasteiger partial charge in [-0.2, -0.15) is 35.0 Å². The Morgan fingerprint density at radius 3 is 1.37 bits per heavy atom. The van der Waals surface area contributed by atoms with E-state index in [1.807, 2.05) is 152 Å². The quantitative estimate of drug-likeness (QED) is 0.164. The summed E-state index contributed by atoms with van der Waals surface area (Å²) in [4.78, 5) is 17.6. The molecule has 0 spiro atoms. The van der Waals surface area contributed by atoms with Crippen molar-refractivity contribution in [1.29, 1.82) is 0 Å². The molecule has 0 radical (unpaired) electrons. The number of nitrogens with zero attached hydrogens (tertiary/aromatic N) is 4. The molecule has 0 saturated carbocycles. The second-order valence-electron chi connectivity index (χ2n) is 10.7. The molecule has 51 heavy (non-hydrogen) atoms. The molecule has 0 bridgehead atoms. The molecule has 0 atom stereocenters. The third kappa shape index (κ3) is 9.46. The second-order valence-corrected chi connectivity index (χ2v) is 10.7. The molecule has 0 aliphatic carbocycles. The standard InChI is InChI=1S/2C16H11N2.C12H6O.2Pt/c1-3-10-17-15(8-1)13-6-5-7-14(12-13)16-9-2-4-11-18-16;1-2-7-13(8-3-1)14-10-6-11-16(18-14)15-9-4-5-12-17-15;1-3-7-11-9(5-1)10-6-2-4-8-12(10)13-11;;/h1-11H;1-7,9-12H;1-4,7-8H;;/q2*-1;-2;2*+2. The minimum atomic E-state index is 0. The summed E-state index contributed by atoms with van der Waals surface area (Å²) < 4.78 is 5.59. The average Bonchev–Trinajstić information content (AvgIpc) is 3.59. The van der Waals surface area contributed by atoms with Crippen LogP contribution < -0.4 is 0 Å². The van der Waals surface area contributed by atoms with E-state index in [2.05, 4.69) is 44.2 Å². The minimum absolute atomic E-state index is 0. The molecule has 0 fully saturated rings. The zero-order chi connectivity index (χ0) is 33.1. The summed E-state index contributed by atoms with van der Waals surface area (Å²) in [5.74, 6) is 0. The van der Waals surface area contributed by atoms with Gasteiger partial charge < -0.3 is 4.42 Å². The molecule has 7 heteroatoms. The van der Waals surface area contributed by atoms with Crippen LogP contribution in [-0.4, -0.2) is 19.9 Å². The van der Waals surface area contributed by atoms with E-state index in [0.717, 1.165) is 67.1 Å². The number of hydrogen-bond donors (Lipinski definition) is 0. The predicted molar refractivity (Wildman–Crippen MR) is 195 cm³/mol. The largest absolute Gasteiger partial charge is 2.00 e. The Hall–Kier alpha value is -5.34. The van der Waals surface area contributed by atoms with E-state index in [-0.39, 0.29) is 42.1 Å². The summed E-state index contributed by atoms with van der Waals surface area (Å²) in [7, 11) is 0. The summed E-state index contributed by atoms with van der Waals surface area (Å²) in [6.45, 7) is 0. The first-order chi connectivity index (χ1) is 24.3. The average molecular weight is 1020 g/mol. The van der Waals surface area contributed by atoms with Crippen LogP contribution in [0.25, 0.3) is 67.1 Å². The van der Waals surface area contributed by atoms with Crippen LogP contribution in [0.5, 0.6) is 0 Å². The minimum Gasteiger partial charge on any atom is -0.564 e. The molecule has 5 heterocycles. The Morgan fingerprint density at radius 1 is 0.373 bits per heavy atom. The van der Waals surface area contributed by atoms with Crippen molar-refractivity contribution < 1.29 is 46.5 Å². The van der Waals surface area contributed by atoms with Crippen LogP contribution in [0.1, 0.15) is 0 Å². The maximum Gasteiger partial charge on any atom is 2.00 e. The molecule has 4 aromatic carbocycles. The number of pyridine rings is 4. The summed E-state index contributed by atoms with van der Waals surface area (Å²) >= 11 is 0. The number of furan rings is 1. The fourth-order valence-electron chi connectivity index (χ4n) is 5.13. The maximum atomic E-state index is 5.59. The van der Waals surface area contributed by atoms with Gasteiger partial charge in [-0.25, -0.2) is 0 Å². The monoisotopic (exact) mass is 1020 g/mol. The molecule has 5 nitrogen and oxygen atoms in total. The van der Waals surface area contributed by atoms with E-state index >= 15 is 0 Å². The van der Waals surface area contributed by atoms with Crippen molar-refractivity contribution >= 4 is 21.9 Å². The van der Waals surface area contributed by atoms with Crippen molar-refractivity contribution in [3.8, 4) is 45.2 Å². The molecular weight excluding hydrogens is 991 g/mol. The molecule has 0 unspecified atom stereocenters. The Bertz CT molecular complexity index is 2110. The van der Waals surface area contributed by atoms with Crippen molar-refractivity contribution in [3.63, 3.8) is 0 Å². The Labute approximate surface area is 326 Å². The summed E-state index contributed by atoms with van der Waals surface area (Å²) in [5.41, 5.74) is 9.25. The van der Waals surface area contributed by atoms with Gasteiger partial charge >= 0.3 is 42.1 Å². The third-order valence-electron chi connectivity index (χ3n) is 7.44. The Morgan fingerprint density at radius 2 is 0.843 bits per heavy atom. The molecule has 9 rings (SSSR count). The summed E-state index contributed by atoms with van der Waals surface area (Å²) in [5, 5.41) is 2.02. The number of aromatic nitrogens is 4. The van der Waals surface area contributed by atoms with Gasteiger partial charge in [-0.1, -0.05) is 53.6 Å². The number of fused-ring (bicyclic) bond motifs is 3. The first-order valence-electron chi connectivity index (χ1n) is 15.7. The third-order valence-corrected chi connectivity index (χ3v) is 7.44. The van der Waals surface area contributed by atoms with E-state index in [1.165, 1.54) is 0 Å². The van der Waals surface area contributed by atoms with Gasteiger partial charge in [0.05, 0.1) is 11.4 Å². The summed E-state index contributed by atoms with van der Waals surface area (Å²) in [6, 6.07) is 61.7. The SMILES string of the molecule is [Pt+2].[Pt+2].[c-]1c(-c2ccccn2)cccc1-c1ccccn1.[c-]1cccc2oc3ccc[c-]c3c12.[c-]1ccccc1-c1cccc(-c2ccccn2)n1. The van der Waals surface area contributed by atoms with Crippen LogP contribution >= 0.6 is 0 Å². The van der Waals surface area contributed by atoms with Gasteiger partial charge in [-0.3, -0.25) is 19.9 Å². The predicted octanol–water partition coefficient (Wildman–Crippen LogP) is 10.4. The number of benzene rings is 4. The normalized spacial score (nSPS) is 10.0.